The Morgan fingerprint density at radius 3 is 2.81 bits per heavy atom. The van der Waals surface area contributed by atoms with E-state index in [0.717, 1.165) is 0 Å². The van der Waals surface area contributed by atoms with Crippen LogP contribution < -0.4 is 5.32 Å². The van der Waals surface area contributed by atoms with Gasteiger partial charge in [-0.1, -0.05) is 11.6 Å². The van der Waals surface area contributed by atoms with Crippen molar-refractivity contribution in [2.75, 3.05) is 31.6 Å². The summed E-state index contributed by atoms with van der Waals surface area (Å²) < 4.78 is 5.18. The van der Waals surface area contributed by atoms with Crippen LogP contribution in [-0.2, 0) is 9.53 Å². The summed E-state index contributed by atoms with van der Waals surface area (Å²) in [5, 5.41) is 13.8. The fourth-order valence-electron chi connectivity index (χ4n) is 2.01. The lowest BCUT2D eigenvalue weighted by Gasteiger charge is -2.29. The Hall–Kier alpha value is -1.93. The number of anilines is 1. The number of aromatic nitrogens is 1. The Morgan fingerprint density at radius 1 is 1.52 bits per heavy atom. The smallest absolute Gasteiger partial charge is 0.311 e. The van der Waals surface area contributed by atoms with Crippen LogP contribution in [0.4, 0.5) is 11.5 Å². The average molecular weight is 315 g/mol. The molecule has 1 aliphatic rings. The number of rotatable bonds is 4. The molecule has 0 saturated carbocycles. The number of halogens is 1. The van der Waals surface area contributed by atoms with E-state index < -0.39 is 11.0 Å². The SMILES string of the molecule is CC(Nc1nc(Cl)ccc1[N+](=O)[O-])C(=O)N1CCOCC1. The summed E-state index contributed by atoms with van der Waals surface area (Å²) in [7, 11) is 0. The van der Waals surface area contributed by atoms with Crippen molar-refractivity contribution in [2.24, 2.45) is 0 Å². The molecule has 1 aliphatic heterocycles. The monoisotopic (exact) mass is 314 g/mol. The van der Waals surface area contributed by atoms with E-state index in [-0.39, 0.29) is 22.6 Å². The standard InChI is InChI=1S/C12H15ClN4O4/c1-8(12(18)16-4-6-21-7-5-16)14-11-9(17(19)20)2-3-10(13)15-11/h2-3,8H,4-7H2,1H3,(H,14,15). The number of morpholine rings is 1. The Morgan fingerprint density at radius 2 is 2.19 bits per heavy atom. The van der Waals surface area contributed by atoms with Crippen molar-refractivity contribution in [3.63, 3.8) is 0 Å². The quantitative estimate of drug-likeness (QED) is 0.511. The number of nitro groups is 1. The average Bonchev–Trinajstić information content (AvgIpc) is 2.47. The van der Waals surface area contributed by atoms with E-state index in [4.69, 9.17) is 16.3 Å². The Labute approximate surface area is 126 Å². The number of nitrogens with zero attached hydrogens (tertiary/aromatic N) is 3. The van der Waals surface area contributed by atoms with Gasteiger partial charge in [-0.05, 0) is 13.0 Å². The lowest BCUT2D eigenvalue weighted by atomic mass is 10.2. The van der Waals surface area contributed by atoms with E-state index in [1.54, 1.807) is 11.8 Å². The zero-order valence-corrected chi connectivity index (χ0v) is 12.2. The first-order valence-electron chi connectivity index (χ1n) is 6.43. The molecular weight excluding hydrogens is 300 g/mol. The second kappa shape index (κ2) is 6.68. The van der Waals surface area contributed by atoms with Crippen LogP contribution >= 0.6 is 11.6 Å². The Bertz CT molecular complexity index is 548. The second-order valence-electron chi connectivity index (χ2n) is 4.56. The third-order valence-electron chi connectivity index (χ3n) is 3.08. The molecule has 114 valence electrons. The van der Waals surface area contributed by atoms with Crippen LogP contribution in [0.15, 0.2) is 12.1 Å². The largest absolute Gasteiger partial charge is 0.378 e. The number of pyridine rings is 1. The number of amides is 1. The summed E-state index contributed by atoms with van der Waals surface area (Å²) >= 11 is 5.75. The maximum Gasteiger partial charge on any atom is 0.311 e. The van der Waals surface area contributed by atoms with E-state index in [0.29, 0.717) is 26.3 Å². The first-order valence-corrected chi connectivity index (χ1v) is 6.81. The second-order valence-corrected chi connectivity index (χ2v) is 4.95. The van der Waals surface area contributed by atoms with Crippen LogP contribution in [0.3, 0.4) is 0 Å². The van der Waals surface area contributed by atoms with Gasteiger partial charge in [-0.25, -0.2) is 4.98 Å². The van der Waals surface area contributed by atoms with Crippen molar-refractivity contribution in [1.82, 2.24) is 9.88 Å². The van der Waals surface area contributed by atoms with E-state index in [2.05, 4.69) is 10.3 Å². The molecule has 1 fully saturated rings. The molecule has 0 spiro atoms. The molecule has 9 heteroatoms. The molecule has 1 saturated heterocycles. The number of carbonyl (C=O) groups is 1. The van der Waals surface area contributed by atoms with Crippen LogP contribution in [0.5, 0.6) is 0 Å². The van der Waals surface area contributed by atoms with Gasteiger partial charge in [0.15, 0.2) is 0 Å². The Balaban J connectivity index is 2.11. The molecule has 1 amide bonds. The summed E-state index contributed by atoms with van der Waals surface area (Å²) in [4.78, 5) is 28.2. The van der Waals surface area contributed by atoms with Gasteiger partial charge in [0.05, 0.1) is 18.1 Å². The highest BCUT2D eigenvalue weighted by Crippen LogP contribution is 2.24. The topological polar surface area (TPSA) is 97.6 Å². The van der Waals surface area contributed by atoms with Crippen molar-refractivity contribution >= 4 is 29.0 Å². The molecule has 8 nitrogen and oxygen atoms in total. The molecule has 21 heavy (non-hydrogen) atoms. The van der Waals surface area contributed by atoms with E-state index in [1.165, 1.54) is 12.1 Å². The van der Waals surface area contributed by atoms with Gasteiger partial charge < -0.3 is 15.0 Å². The van der Waals surface area contributed by atoms with Crippen LogP contribution in [-0.4, -0.2) is 53.1 Å². The molecule has 1 atom stereocenters. The molecule has 1 aromatic heterocycles. The zero-order valence-electron chi connectivity index (χ0n) is 11.4. The third kappa shape index (κ3) is 3.79. The summed E-state index contributed by atoms with van der Waals surface area (Å²) in [6, 6.07) is 1.94. The van der Waals surface area contributed by atoms with Gasteiger partial charge in [-0.3, -0.25) is 14.9 Å². The van der Waals surface area contributed by atoms with Crippen LogP contribution in [0.2, 0.25) is 5.15 Å². The van der Waals surface area contributed by atoms with E-state index in [9.17, 15) is 14.9 Å². The van der Waals surface area contributed by atoms with Crippen molar-refractivity contribution in [3.8, 4) is 0 Å². The highest BCUT2D eigenvalue weighted by Gasteiger charge is 2.25. The molecule has 0 aromatic carbocycles. The summed E-state index contributed by atoms with van der Waals surface area (Å²) in [6.07, 6.45) is 0. The summed E-state index contributed by atoms with van der Waals surface area (Å²) in [6.45, 7) is 3.64. The minimum atomic E-state index is -0.646. The van der Waals surface area contributed by atoms with Crippen molar-refractivity contribution in [3.05, 3.63) is 27.4 Å². The molecule has 2 heterocycles. The maximum atomic E-state index is 12.2. The highest BCUT2D eigenvalue weighted by atomic mass is 35.5. The minimum absolute atomic E-state index is 0.0124. The molecule has 0 aliphatic carbocycles. The van der Waals surface area contributed by atoms with Gasteiger partial charge >= 0.3 is 5.69 Å². The van der Waals surface area contributed by atoms with Crippen molar-refractivity contribution < 1.29 is 14.5 Å². The van der Waals surface area contributed by atoms with E-state index in [1.807, 2.05) is 0 Å². The lowest BCUT2D eigenvalue weighted by molar-refractivity contribution is -0.384. The molecular formula is C12H15ClN4O4. The summed E-state index contributed by atoms with van der Waals surface area (Å²) in [5.74, 6) is -0.170. The van der Waals surface area contributed by atoms with Crippen molar-refractivity contribution in [1.29, 1.82) is 0 Å². The molecule has 2 rings (SSSR count). The number of ether oxygens (including phenoxy) is 1. The Kier molecular flexibility index (Phi) is 4.92. The normalized spacial score (nSPS) is 16.4. The van der Waals surface area contributed by atoms with Gasteiger partial charge in [0.25, 0.3) is 0 Å². The predicted molar refractivity (Wildman–Crippen MR) is 76.4 cm³/mol. The van der Waals surface area contributed by atoms with Crippen LogP contribution in [0.1, 0.15) is 6.92 Å². The molecule has 1 aromatic rings. The van der Waals surface area contributed by atoms with Gasteiger partial charge in [0.2, 0.25) is 11.7 Å². The van der Waals surface area contributed by atoms with Crippen LogP contribution in [0, 0.1) is 10.1 Å². The van der Waals surface area contributed by atoms with E-state index >= 15 is 0 Å². The van der Waals surface area contributed by atoms with Gasteiger partial charge in [-0.15, -0.1) is 0 Å². The third-order valence-corrected chi connectivity index (χ3v) is 3.29. The molecule has 1 N–H and O–H groups in total. The number of hydrogen-bond acceptors (Lipinski definition) is 6. The first-order chi connectivity index (χ1) is 9.99. The van der Waals surface area contributed by atoms with Crippen molar-refractivity contribution in [2.45, 2.75) is 13.0 Å². The predicted octanol–water partition coefficient (Wildman–Crippen LogP) is 1.30. The van der Waals surface area contributed by atoms with Gasteiger partial charge in [-0.2, -0.15) is 0 Å². The maximum absolute atomic E-state index is 12.2. The number of hydrogen-bond donors (Lipinski definition) is 1. The van der Waals surface area contributed by atoms with Gasteiger partial charge in [0, 0.05) is 19.2 Å². The van der Waals surface area contributed by atoms with Crippen LogP contribution in [0.25, 0.3) is 0 Å². The molecule has 0 bridgehead atoms. The van der Waals surface area contributed by atoms with Gasteiger partial charge in [0.1, 0.15) is 11.2 Å². The molecule has 0 radical (unpaired) electrons. The number of carbonyl (C=O) groups excluding carboxylic acids is 1. The number of nitrogens with one attached hydrogen (secondary N) is 1. The highest BCUT2D eigenvalue weighted by molar-refractivity contribution is 6.29. The molecule has 1 unspecified atom stereocenters. The lowest BCUT2D eigenvalue weighted by Crippen LogP contribution is -2.47. The minimum Gasteiger partial charge on any atom is -0.378 e. The first kappa shape index (κ1) is 15.5. The zero-order chi connectivity index (χ0) is 15.4. The fourth-order valence-corrected chi connectivity index (χ4v) is 2.15. The fraction of sp³-hybridized carbons (Fsp3) is 0.500. The summed E-state index contributed by atoms with van der Waals surface area (Å²) in [5.41, 5.74) is -0.221.